The SMILES string of the molecule is O=C1C[C@H](c2ccc(OCc3ccccc3)cc2)Oc2ccccc21. The van der Waals surface area contributed by atoms with Crippen molar-refractivity contribution in [1.82, 2.24) is 0 Å². The fraction of sp³-hybridized carbons (Fsp3) is 0.136. The maximum Gasteiger partial charge on any atom is 0.170 e. The van der Waals surface area contributed by atoms with Gasteiger partial charge in [-0.25, -0.2) is 0 Å². The Hall–Kier alpha value is -3.07. The first-order valence-electron chi connectivity index (χ1n) is 8.35. The molecule has 0 saturated heterocycles. The van der Waals surface area contributed by atoms with Gasteiger partial charge in [-0.15, -0.1) is 0 Å². The maximum atomic E-state index is 12.3. The van der Waals surface area contributed by atoms with E-state index < -0.39 is 0 Å². The summed E-state index contributed by atoms with van der Waals surface area (Å²) in [5.41, 5.74) is 2.78. The van der Waals surface area contributed by atoms with Gasteiger partial charge >= 0.3 is 0 Å². The molecule has 0 saturated carbocycles. The van der Waals surface area contributed by atoms with Gasteiger partial charge in [0.2, 0.25) is 0 Å². The zero-order chi connectivity index (χ0) is 17.1. The van der Waals surface area contributed by atoms with Gasteiger partial charge in [0, 0.05) is 0 Å². The van der Waals surface area contributed by atoms with E-state index in [2.05, 4.69) is 0 Å². The highest BCUT2D eigenvalue weighted by Crippen LogP contribution is 2.35. The van der Waals surface area contributed by atoms with E-state index in [0.29, 0.717) is 24.3 Å². The summed E-state index contributed by atoms with van der Waals surface area (Å²) in [4.78, 5) is 12.3. The van der Waals surface area contributed by atoms with Crippen molar-refractivity contribution in [3.63, 3.8) is 0 Å². The summed E-state index contributed by atoms with van der Waals surface area (Å²) in [6.07, 6.45) is 0.117. The Labute approximate surface area is 146 Å². The molecule has 1 aliphatic rings. The van der Waals surface area contributed by atoms with Gasteiger partial charge in [-0.2, -0.15) is 0 Å². The van der Waals surface area contributed by atoms with Crippen LogP contribution in [0.1, 0.15) is 34.0 Å². The quantitative estimate of drug-likeness (QED) is 0.677. The second kappa shape index (κ2) is 6.81. The monoisotopic (exact) mass is 330 g/mol. The molecule has 25 heavy (non-hydrogen) atoms. The summed E-state index contributed by atoms with van der Waals surface area (Å²) in [7, 11) is 0. The van der Waals surface area contributed by atoms with Crippen LogP contribution in [0.2, 0.25) is 0 Å². The van der Waals surface area contributed by atoms with Crippen molar-refractivity contribution < 1.29 is 14.3 Å². The highest BCUT2D eigenvalue weighted by molar-refractivity contribution is 5.99. The Morgan fingerprint density at radius 1 is 0.880 bits per heavy atom. The Morgan fingerprint density at radius 3 is 2.40 bits per heavy atom. The van der Waals surface area contributed by atoms with Crippen LogP contribution in [0.3, 0.4) is 0 Å². The van der Waals surface area contributed by atoms with Crippen LogP contribution in [0.5, 0.6) is 11.5 Å². The normalized spacial score (nSPS) is 16.0. The lowest BCUT2D eigenvalue weighted by Gasteiger charge is -2.25. The van der Waals surface area contributed by atoms with Crippen LogP contribution in [0, 0.1) is 0 Å². The molecule has 3 heteroatoms. The second-order valence-electron chi connectivity index (χ2n) is 6.07. The number of hydrogen-bond donors (Lipinski definition) is 0. The molecule has 3 nitrogen and oxygen atoms in total. The van der Waals surface area contributed by atoms with Crippen LogP contribution in [-0.2, 0) is 6.61 Å². The topological polar surface area (TPSA) is 35.5 Å². The van der Waals surface area contributed by atoms with E-state index in [0.717, 1.165) is 16.9 Å². The van der Waals surface area contributed by atoms with E-state index in [4.69, 9.17) is 9.47 Å². The number of para-hydroxylation sites is 1. The van der Waals surface area contributed by atoms with E-state index >= 15 is 0 Å². The van der Waals surface area contributed by atoms with Crippen molar-refractivity contribution in [3.05, 3.63) is 95.6 Å². The summed E-state index contributed by atoms with van der Waals surface area (Å²) in [6, 6.07) is 25.2. The van der Waals surface area contributed by atoms with Crippen LogP contribution in [-0.4, -0.2) is 5.78 Å². The molecule has 3 aromatic rings. The molecule has 124 valence electrons. The highest BCUT2D eigenvalue weighted by atomic mass is 16.5. The number of fused-ring (bicyclic) bond motifs is 1. The average molecular weight is 330 g/mol. The fourth-order valence-corrected chi connectivity index (χ4v) is 2.98. The number of ketones is 1. The van der Waals surface area contributed by atoms with Gasteiger partial charge in [0.15, 0.2) is 5.78 Å². The van der Waals surface area contributed by atoms with Crippen molar-refractivity contribution in [3.8, 4) is 11.5 Å². The van der Waals surface area contributed by atoms with Crippen LogP contribution >= 0.6 is 0 Å². The molecule has 0 fully saturated rings. The summed E-state index contributed by atoms with van der Waals surface area (Å²) in [5, 5.41) is 0. The zero-order valence-corrected chi connectivity index (χ0v) is 13.7. The molecular weight excluding hydrogens is 312 g/mol. The van der Waals surface area contributed by atoms with Gasteiger partial charge in [-0.05, 0) is 35.4 Å². The summed E-state index contributed by atoms with van der Waals surface area (Å²) < 4.78 is 11.8. The van der Waals surface area contributed by atoms with Crippen LogP contribution in [0.15, 0.2) is 78.9 Å². The number of Topliss-reactive ketones (excluding diaryl/α,β-unsaturated/α-hetero) is 1. The first-order valence-corrected chi connectivity index (χ1v) is 8.35. The lowest BCUT2D eigenvalue weighted by atomic mass is 9.96. The minimum Gasteiger partial charge on any atom is -0.489 e. The van der Waals surface area contributed by atoms with Gasteiger partial charge in [-0.1, -0.05) is 54.6 Å². The molecule has 0 unspecified atom stereocenters. The Bertz CT molecular complexity index is 869. The molecule has 0 aromatic heterocycles. The molecular formula is C22H18O3. The highest BCUT2D eigenvalue weighted by Gasteiger charge is 2.27. The van der Waals surface area contributed by atoms with Crippen molar-refractivity contribution in [2.24, 2.45) is 0 Å². The number of benzene rings is 3. The van der Waals surface area contributed by atoms with Crippen molar-refractivity contribution in [1.29, 1.82) is 0 Å². The smallest absolute Gasteiger partial charge is 0.170 e. The van der Waals surface area contributed by atoms with E-state index in [1.165, 1.54) is 0 Å². The average Bonchev–Trinajstić information content (AvgIpc) is 2.68. The minimum atomic E-state index is -0.245. The molecule has 1 heterocycles. The molecule has 0 amide bonds. The number of hydrogen-bond acceptors (Lipinski definition) is 3. The molecule has 4 rings (SSSR count). The minimum absolute atomic E-state index is 0.122. The molecule has 0 N–H and O–H groups in total. The third kappa shape index (κ3) is 3.41. The molecule has 0 aliphatic carbocycles. The van der Waals surface area contributed by atoms with E-state index in [-0.39, 0.29) is 11.9 Å². The summed E-state index contributed by atoms with van der Waals surface area (Å²) in [6.45, 7) is 0.534. The van der Waals surface area contributed by atoms with Crippen molar-refractivity contribution in [2.45, 2.75) is 19.1 Å². The first kappa shape index (κ1) is 15.5. The van der Waals surface area contributed by atoms with Gasteiger partial charge in [0.1, 0.15) is 24.2 Å². The largest absolute Gasteiger partial charge is 0.489 e. The van der Waals surface area contributed by atoms with Crippen LogP contribution in [0.25, 0.3) is 0 Å². The van der Waals surface area contributed by atoms with Crippen molar-refractivity contribution in [2.75, 3.05) is 0 Å². The standard InChI is InChI=1S/C22H18O3/c23-20-14-22(25-21-9-5-4-8-19(20)21)17-10-12-18(13-11-17)24-15-16-6-2-1-3-7-16/h1-13,22H,14-15H2/t22-/m1/s1. The predicted molar refractivity (Wildman–Crippen MR) is 96.0 cm³/mol. The third-order valence-corrected chi connectivity index (χ3v) is 4.33. The Kier molecular flexibility index (Phi) is 4.21. The number of ether oxygens (including phenoxy) is 2. The zero-order valence-electron chi connectivity index (χ0n) is 13.7. The predicted octanol–water partition coefficient (Wildman–Crippen LogP) is 4.97. The van der Waals surface area contributed by atoms with E-state index in [1.807, 2.05) is 78.9 Å². The third-order valence-electron chi connectivity index (χ3n) is 4.33. The number of carbonyl (C=O) groups excluding carboxylic acids is 1. The number of carbonyl (C=O) groups is 1. The fourth-order valence-electron chi connectivity index (χ4n) is 2.98. The van der Waals surface area contributed by atoms with Gasteiger partial charge in [0.05, 0.1) is 12.0 Å². The molecule has 0 bridgehead atoms. The van der Waals surface area contributed by atoms with Gasteiger partial charge < -0.3 is 9.47 Å². The molecule has 1 aliphatic heterocycles. The molecule has 0 radical (unpaired) electrons. The van der Waals surface area contributed by atoms with E-state index in [1.54, 1.807) is 0 Å². The van der Waals surface area contributed by atoms with Crippen LogP contribution < -0.4 is 9.47 Å². The first-order chi connectivity index (χ1) is 12.3. The van der Waals surface area contributed by atoms with Crippen LogP contribution in [0.4, 0.5) is 0 Å². The number of rotatable bonds is 4. The molecule has 3 aromatic carbocycles. The van der Waals surface area contributed by atoms with E-state index in [9.17, 15) is 4.79 Å². The van der Waals surface area contributed by atoms with Gasteiger partial charge in [-0.3, -0.25) is 4.79 Å². The maximum absolute atomic E-state index is 12.3. The summed E-state index contributed by atoms with van der Waals surface area (Å²) >= 11 is 0. The van der Waals surface area contributed by atoms with Gasteiger partial charge in [0.25, 0.3) is 0 Å². The summed E-state index contributed by atoms with van der Waals surface area (Å²) in [5.74, 6) is 1.58. The lowest BCUT2D eigenvalue weighted by Crippen LogP contribution is -2.20. The Morgan fingerprint density at radius 2 is 1.60 bits per heavy atom. The Balaban J connectivity index is 1.45. The second-order valence-corrected chi connectivity index (χ2v) is 6.07. The lowest BCUT2D eigenvalue weighted by molar-refractivity contribution is 0.0850. The molecule has 1 atom stereocenters. The van der Waals surface area contributed by atoms with Crippen molar-refractivity contribution >= 4 is 5.78 Å². The molecule has 0 spiro atoms.